The molecule has 0 fully saturated rings. The van der Waals surface area contributed by atoms with E-state index < -0.39 is 11.0 Å². The SMILES string of the molecule is CC(c1ccccc1)N(C)C(=O)Nc1ccncc1[N+](=O)[O-]. The molecule has 0 aliphatic carbocycles. The zero-order valence-corrected chi connectivity index (χ0v) is 12.3. The van der Waals surface area contributed by atoms with Gasteiger partial charge < -0.3 is 10.2 Å². The number of pyridine rings is 1. The molecule has 0 saturated heterocycles. The molecule has 2 rings (SSSR count). The van der Waals surface area contributed by atoms with Gasteiger partial charge in [0.2, 0.25) is 0 Å². The van der Waals surface area contributed by atoms with Crippen LogP contribution in [0.3, 0.4) is 0 Å². The second-order valence-corrected chi connectivity index (χ2v) is 4.78. The first kappa shape index (κ1) is 15.4. The summed E-state index contributed by atoms with van der Waals surface area (Å²) in [6.07, 6.45) is 2.50. The minimum Gasteiger partial charge on any atom is -0.321 e. The Hall–Kier alpha value is -2.96. The van der Waals surface area contributed by atoms with Crippen LogP contribution in [0.2, 0.25) is 0 Å². The van der Waals surface area contributed by atoms with Gasteiger partial charge in [0, 0.05) is 13.2 Å². The average molecular weight is 300 g/mol. The Morgan fingerprint density at radius 1 is 1.32 bits per heavy atom. The predicted octanol–water partition coefficient (Wildman–Crippen LogP) is 3.21. The summed E-state index contributed by atoms with van der Waals surface area (Å²) in [4.78, 5) is 27.8. The largest absolute Gasteiger partial charge is 0.322 e. The van der Waals surface area contributed by atoms with Crippen LogP contribution in [-0.2, 0) is 0 Å². The first-order valence-corrected chi connectivity index (χ1v) is 6.68. The highest BCUT2D eigenvalue weighted by atomic mass is 16.6. The molecule has 1 aromatic heterocycles. The average Bonchev–Trinajstić information content (AvgIpc) is 2.54. The highest BCUT2D eigenvalue weighted by Gasteiger charge is 2.21. The minimum atomic E-state index is -0.580. The van der Waals surface area contributed by atoms with Crippen molar-refractivity contribution < 1.29 is 9.72 Å². The highest BCUT2D eigenvalue weighted by molar-refractivity contribution is 5.91. The molecule has 0 bridgehead atoms. The lowest BCUT2D eigenvalue weighted by Crippen LogP contribution is -2.33. The first-order chi connectivity index (χ1) is 10.5. The summed E-state index contributed by atoms with van der Waals surface area (Å²) >= 11 is 0. The lowest BCUT2D eigenvalue weighted by molar-refractivity contribution is -0.384. The third-order valence-corrected chi connectivity index (χ3v) is 3.42. The number of hydrogen-bond acceptors (Lipinski definition) is 4. The van der Waals surface area contributed by atoms with Crippen LogP contribution in [0.5, 0.6) is 0 Å². The van der Waals surface area contributed by atoms with Gasteiger partial charge in [0.25, 0.3) is 0 Å². The molecule has 1 atom stereocenters. The third-order valence-electron chi connectivity index (χ3n) is 3.42. The van der Waals surface area contributed by atoms with Crippen LogP contribution >= 0.6 is 0 Å². The van der Waals surface area contributed by atoms with Gasteiger partial charge in [-0.1, -0.05) is 30.3 Å². The van der Waals surface area contributed by atoms with Crippen LogP contribution in [0.15, 0.2) is 48.8 Å². The van der Waals surface area contributed by atoms with Gasteiger partial charge in [-0.05, 0) is 18.6 Å². The number of aromatic nitrogens is 1. The summed E-state index contributed by atoms with van der Waals surface area (Å²) in [5, 5.41) is 13.5. The molecule has 114 valence electrons. The van der Waals surface area contributed by atoms with Gasteiger partial charge in [0.05, 0.1) is 11.0 Å². The Balaban J connectivity index is 2.14. The maximum Gasteiger partial charge on any atom is 0.322 e. The zero-order chi connectivity index (χ0) is 16.1. The number of nitrogens with zero attached hydrogens (tertiary/aromatic N) is 3. The molecule has 22 heavy (non-hydrogen) atoms. The fraction of sp³-hybridized carbons (Fsp3) is 0.200. The molecule has 0 saturated carbocycles. The number of amides is 2. The molecule has 7 nitrogen and oxygen atoms in total. The van der Waals surface area contributed by atoms with Crippen molar-refractivity contribution in [2.75, 3.05) is 12.4 Å². The van der Waals surface area contributed by atoms with E-state index in [1.807, 2.05) is 37.3 Å². The van der Waals surface area contributed by atoms with Gasteiger partial charge in [-0.25, -0.2) is 4.79 Å². The van der Waals surface area contributed by atoms with Crippen LogP contribution in [0.4, 0.5) is 16.2 Å². The first-order valence-electron chi connectivity index (χ1n) is 6.68. The van der Waals surface area contributed by atoms with Gasteiger partial charge in [-0.3, -0.25) is 15.1 Å². The minimum absolute atomic E-state index is 0.122. The summed E-state index contributed by atoms with van der Waals surface area (Å²) in [6, 6.07) is 10.3. The Kier molecular flexibility index (Phi) is 4.67. The predicted molar refractivity (Wildman–Crippen MR) is 82.5 cm³/mol. The van der Waals surface area contributed by atoms with Crippen molar-refractivity contribution in [3.63, 3.8) is 0 Å². The summed E-state index contributed by atoms with van der Waals surface area (Å²) in [7, 11) is 1.64. The second-order valence-electron chi connectivity index (χ2n) is 4.78. The molecule has 1 heterocycles. The molecule has 0 radical (unpaired) electrons. The summed E-state index contributed by atoms with van der Waals surface area (Å²) < 4.78 is 0. The summed E-state index contributed by atoms with van der Waals surface area (Å²) in [5.41, 5.74) is 0.859. The zero-order valence-electron chi connectivity index (χ0n) is 12.3. The van der Waals surface area contributed by atoms with E-state index >= 15 is 0 Å². The van der Waals surface area contributed by atoms with Crippen LogP contribution in [-0.4, -0.2) is 27.9 Å². The van der Waals surface area contributed by atoms with Crippen LogP contribution < -0.4 is 5.32 Å². The van der Waals surface area contributed by atoms with E-state index in [-0.39, 0.29) is 17.4 Å². The maximum atomic E-state index is 12.3. The van der Waals surface area contributed by atoms with Gasteiger partial charge >= 0.3 is 11.7 Å². The van der Waals surface area contributed by atoms with E-state index in [0.717, 1.165) is 11.8 Å². The van der Waals surface area contributed by atoms with E-state index in [1.165, 1.54) is 17.2 Å². The van der Waals surface area contributed by atoms with Crippen molar-refractivity contribution in [2.24, 2.45) is 0 Å². The van der Waals surface area contributed by atoms with E-state index in [9.17, 15) is 14.9 Å². The van der Waals surface area contributed by atoms with Crippen LogP contribution in [0, 0.1) is 10.1 Å². The molecule has 0 aliphatic rings. The van der Waals surface area contributed by atoms with Gasteiger partial charge in [-0.15, -0.1) is 0 Å². The monoisotopic (exact) mass is 300 g/mol. The molecule has 0 aliphatic heterocycles. The fourth-order valence-electron chi connectivity index (χ4n) is 1.97. The van der Waals surface area contributed by atoms with E-state index in [2.05, 4.69) is 10.3 Å². The maximum absolute atomic E-state index is 12.3. The number of rotatable bonds is 4. The van der Waals surface area contributed by atoms with Crippen molar-refractivity contribution in [1.29, 1.82) is 0 Å². The Morgan fingerprint density at radius 2 is 2.00 bits per heavy atom. The second kappa shape index (κ2) is 6.66. The van der Waals surface area contributed by atoms with Crippen molar-refractivity contribution in [3.8, 4) is 0 Å². The quantitative estimate of drug-likeness (QED) is 0.693. The summed E-state index contributed by atoms with van der Waals surface area (Å²) in [5.74, 6) is 0. The topological polar surface area (TPSA) is 88.4 Å². The molecule has 0 spiro atoms. The normalized spacial score (nSPS) is 11.5. The number of carbonyl (C=O) groups excluding carboxylic acids is 1. The summed E-state index contributed by atoms with van der Waals surface area (Å²) in [6.45, 7) is 1.88. The fourth-order valence-corrected chi connectivity index (χ4v) is 1.97. The Bertz CT molecular complexity index is 675. The standard InChI is InChI=1S/C15H16N4O3/c1-11(12-6-4-3-5-7-12)18(2)15(20)17-13-8-9-16-10-14(13)19(21)22/h3-11H,1-2H3,(H,16,17,20). The molecule has 1 N–H and O–H groups in total. The van der Waals surface area contributed by atoms with Crippen molar-refractivity contribution in [3.05, 3.63) is 64.5 Å². The van der Waals surface area contributed by atoms with Crippen LogP contribution in [0.25, 0.3) is 0 Å². The number of benzene rings is 1. The van der Waals surface area contributed by atoms with Gasteiger partial charge in [0.1, 0.15) is 11.9 Å². The van der Waals surface area contributed by atoms with Gasteiger partial charge in [-0.2, -0.15) is 0 Å². The van der Waals surface area contributed by atoms with Crippen molar-refractivity contribution in [1.82, 2.24) is 9.88 Å². The molecule has 1 aromatic carbocycles. The third kappa shape index (κ3) is 3.38. The number of urea groups is 1. The molecule has 2 amide bonds. The molecule has 1 unspecified atom stereocenters. The van der Waals surface area contributed by atoms with Gasteiger partial charge in [0.15, 0.2) is 0 Å². The number of anilines is 1. The number of hydrogen-bond donors (Lipinski definition) is 1. The smallest absolute Gasteiger partial charge is 0.321 e. The Morgan fingerprint density at radius 3 is 2.64 bits per heavy atom. The van der Waals surface area contributed by atoms with E-state index in [1.54, 1.807) is 7.05 Å². The van der Waals surface area contributed by atoms with Crippen LogP contribution in [0.1, 0.15) is 18.5 Å². The van der Waals surface area contributed by atoms with E-state index in [0.29, 0.717) is 0 Å². The number of nitrogens with one attached hydrogen (secondary N) is 1. The lowest BCUT2D eigenvalue weighted by Gasteiger charge is -2.25. The molecular formula is C15H16N4O3. The van der Waals surface area contributed by atoms with E-state index in [4.69, 9.17) is 0 Å². The molecule has 7 heteroatoms. The van der Waals surface area contributed by atoms with Crippen molar-refractivity contribution in [2.45, 2.75) is 13.0 Å². The lowest BCUT2D eigenvalue weighted by atomic mass is 10.1. The molecule has 2 aromatic rings. The van der Waals surface area contributed by atoms with Crippen molar-refractivity contribution >= 4 is 17.4 Å². The number of carbonyl (C=O) groups is 1. The highest BCUT2D eigenvalue weighted by Crippen LogP contribution is 2.24. The Labute approximate surface area is 127 Å². The molecular weight excluding hydrogens is 284 g/mol. The number of nitro groups is 1.